The molecule has 1 amide bonds. The summed E-state index contributed by atoms with van der Waals surface area (Å²) < 4.78 is 0. The lowest BCUT2D eigenvalue weighted by molar-refractivity contribution is -0.163. The number of nitrogens with one attached hydrogen (secondary N) is 1. The van der Waals surface area contributed by atoms with Crippen LogP contribution in [0.3, 0.4) is 0 Å². The van der Waals surface area contributed by atoms with Gasteiger partial charge in [-0.15, -0.1) is 0 Å². The number of hydrogen-bond donors (Lipinski definition) is 6. The van der Waals surface area contributed by atoms with Gasteiger partial charge in [0, 0.05) is 0 Å². The first-order valence-electron chi connectivity index (χ1n) is 3.12. The number of aliphatic carboxylic acids is 1. The van der Waals surface area contributed by atoms with Gasteiger partial charge in [-0.2, -0.15) is 0 Å². The van der Waals surface area contributed by atoms with E-state index in [2.05, 4.69) is 0 Å². The second-order valence-corrected chi connectivity index (χ2v) is 2.19. The molecule has 0 aromatic heterocycles. The monoisotopic (exact) mass is 195 g/mol. The minimum atomic E-state index is -2.30. The fraction of sp³-hybridized carbons (Fsp3) is 0.600. The van der Waals surface area contributed by atoms with Crippen molar-refractivity contribution in [3.8, 4) is 0 Å². The van der Waals surface area contributed by atoms with Crippen LogP contribution in [0.2, 0.25) is 0 Å². The van der Waals surface area contributed by atoms with Crippen molar-refractivity contribution in [2.75, 3.05) is 0 Å². The van der Waals surface area contributed by atoms with E-state index < -0.39 is 30.2 Å². The van der Waals surface area contributed by atoms with Crippen LogP contribution in [0.4, 0.5) is 0 Å². The van der Waals surface area contributed by atoms with Crippen molar-refractivity contribution in [2.24, 2.45) is 0 Å². The number of carboxylic acid groups (broad SMARTS) is 1. The van der Waals surface area contributed by atoms with E-state index in [4.69, 9.17) is 25.6 Å². The van der Waals surface area contributed by atoms with Gasteiger partial charge >= 0.3 is 5.97 Å². The standard InChI is InChI=1S/C5H9NO7/c7-1(3(9)5(11)12)2(8)4(10)6-13/h1-3,7-9,13H,(H,6,10)(H,11,12)/t1-,2+,3+/m0/s1. The molecular formula is C5H9NO7. The Kier molecular flexibility index (Phi) is 4.28. The summed E-state index contributed by atoms with van der Waals surface area (Å²) in [6.45, 7) is 0. The molecule has 3 atom stereocenters. The summed E-state index contributed by atoms with van der Waals surface area (Å²) in [5, 5.41) is 42.3. The lowest BCUT2D eigenvalue weighted by Crippen LogP contribution is -2.49. The molecule has 0 radical (unpaired) electrons. The molecule has 0 saturated heterocycles. The van der Waals surface area contributed by atoms with Crippen molar-refractivity contribution >= 4 is 11.9 Å². The maximum Gasteiger partial charge on any atom is 0.335 e. The third-order valence-electron chi connectivity index (χ3n) is 1.28. The molecule has 8 nitrogen and oxygen atoms in total. The second-order valence-electron chi connectivity index (χ2n) is 2.19. The van der Waals surface area contributed by atoms with Crippen molar-refractivity contribution < 1.29 is 35.2 Å². The van der Waals surface area contributed by atoms with E-state index in [9.17, 15) is 9.59 Å². The first-order valence-corrected chi connectivity index (χ1v) is 3.12. The van der Waals surface area contributed by atoms with Crippen LogP contribution in [0.25, 0.3) is 0 Å². The van der Waals surface area contributed by atoms with Crippen LogP contribution in [0.1, 0.15) is 0 Å². The van der Waals surface area contributed by atoms with Gasteiger partial charge in [0.15, 0.2) is 12.2 Å². The maximum absolute atomic E-state index is 10.4. The molecule has 76 valence electrons. The number of aliphatic hydroxyl groups is 3. The Morgan fingerprint density at radius 1 is 1.08 bits per heavy atom. The van der Waals surface area contributed by atoms with E-state index in [0.29, 0.717) is 0 Å². The third-order valence-corrected chi connectivity index (χ3v) is 1.28. The second kappa shape index (κ2) is 4.72. The molecule has 6 N–H and O–H groups in total. The molecule has 0 aromatic carbocycles. The van der Waals surface area contributed by atoms with Crippen molar-refractivity contribution in [3.05, 3.63) is 0 Å². The van der Waals surface area contributed by atoms with E-state index in [1.165, 1.54) is 0 Å². The van der Waals surface area contributed by atoms with Crippen molar-refractivity contribution in [3.63, 3.8) is 0 Å². The van der Waals surface area contributed by atoms with E-state index >= 15 is 0 Å². The summed E-state index contributed by atoms with van der Waals surface area (Å²) in [5.74, 6) is -3.20. The van der Waals surface area contributed by atoms with Crippen LogP contribution in [0.5, 0.6) is 0 Å². The molecule has 0 aromatic rings. The highest BCUT2D eigenvalue weighted by Gasteiger charge is 2.34. The van der Waals surface area contributed by atoms with Crippen molar-refractivity contribution in [2.45, 2.75) is 18.3 Å². The Labute approximate surface area is 72.0 Å². The van der Waals surface area contributed by atoms with Gasteiger partial charge in [0.1, 0.15) is 6.10 Å². The average Bonchev–Trinajstić information content (AvgIpc) is 2.12. The van der Waals surface area contributed by atoms with Gasteiger partial charge in [0.25, 0.3) is 5.91 Å². The maximum atomic E-state index is 10.4. The summed E-state index contributed by atoms with van der Waals surface area (Å²) in [7, 11) is 0. The van der Waals surface area contributed by atoms with Gasteiger partial charge in [0.05, 0.1) is 0 Å². The van der Waals surface area contributed by atoms with Crippen molar-refractivity contribution in [1.29, 1.82) is 0 Å². The predicted molar refractivity (Wildman–Crippen MR) is 35.6 cm³/mol. The summed E-state index contributed by atoms with van der Waals surface area (Å²) in [6.07, 6.45) is -6.71. The fourth-order valence-electron chi connectivity index (χ4n) is 0.540. The highest BCUT2D eigenvalue weighted by molar-refractivity contribution is 5.82. The van der Waals surface area contributed by atoms with Gasteiger partial charge in [-0.1, -0.05) is 0 Å². The molecule has 0 fully saturated rings. The lowest BCUT2D eigenvalue weighted by Gasteiger charge is -2.17. The SMILES string of the molecule is O=C(O)[C@H](O)[C@@H](O)[C@@H](O)C(=O)NO. The topological polar surface area (TPSA) is 147 Å². The number of aliphatic hydroxyl groups excluding tert-OH is 3. The number of amides is 1. The Balaban J connectivity index is 4.32. The first kappa shape index (κ1) is 11.8. The van der Waals surface area contributed by atoms with Gasteiger partial charge < -0.3 is 20.4 Å². The van der Waals surface area contributed by atoms with E-state index in [1.807, 2.05) is 0 Å². The molecule has 13 heavy (non-hydrogen) atoms. The normalized spacial score (nSPS) is 17.2. The van der Waals surface area contributed by atoms with Crippen LogP contribution < -0.4 is 5.48 Å². The average molecular weight is 195 g/mol. The molecule has 0 aliphatic rings. The largest absolute Gasteiger partial charge is 0.479 e. The molecule has 0 heterocycles. The minimum absolute atomic E-state index is 0.986. The Morgan fingerprint density at radius 2 is 1.54 bits per heavy atom. The summed E-state index contributed by atoms with van der Waals surface area (Å²) in [5.41, 5.74) is 0.986. The predicted octanol–water partition coefficient (Wildman–Crippen LogP) is -3.34. The lowest BCUT2D eigenvalue weighted by atomic mass is 10.1. The van der Waals surface area contributed by atoms with Crippen LogP contribution >= 0.6 is 0 Å². The fourth-order valence-corrected chi connectivity index (χ4v) is 0.540. The van der Waals surface area contributed by atoms with E-state index in [1.54, 1.807) is 0 Å². The number of rotatable bonds is 4. The number of carboxylic acids is 1. The molecule has 0 aliphatic heterocycles. The molecule has 0 spiro atoms. The zero-order valence-electron chi connectivity index (χ0n) is 6.28. The van der Waals surface area contributed by atoms with E-state index in [0.717, 1.165) is 5.48 Å². The Hall–Kier alpha value is -1.22. The van der Waals surface area contributed by atoms with Gasteiger partial charge in [-0.3, -0.25) is 10.0 Å². The van der Waals surface area contributed by atoms with Crippen LogP contribution in [-0.2, 0) is 9.59 Å². The zero-order chi connectivity index (χ0) is 10.6. The number of carbonyl (C=O) groups is 2. The summed E-state index contributed by atoms with van der Waals surface area (Å²) in [6, 6.07) is 0. The third kappa shape index (κ3) is 2.95. The summed E-state index contributed by atoms with van der Waals surface area (Å²) in [4.78, 5) is 20.4. The van der Waals surface area contributed by atoms with Crippen molar-refractivity contribution in [1.82, 2.24) is 5.48 Å². The molecule has 0 aliphatic carbocycles. The molecule has 0 bridgehead atoms. The molecule has 0 saturated carbocycles. The Bertz CT molecular complexity index is 205. The highest BCUT2D eigenvalue weighted by Crippen LogP contribution is 2.00. The summed E-state index contributed by atoms with van der Waals surface area (Å²) >= 11 is 0. The molecule has 0 rings (SSSR count). The van der Waals surface area contributed by atoms with Crippen LogP contribution in [0, 0.1) is 0 Å². The van der Waals surface area contributed by atoms with Gasteiger partial charge in [-0.05, 0) is 0 Å². The van der Waals surface area contributed by atoms with Crippen LogP contribution in [0.15, 0.2) is 0 Å². The van der Waals surface area contributed by atoms with Crippen LogP contribution in [-0.4, -0.2) is 55.8 Å². The first-order chi connectivity index (χ1) is 5.91. The number of hydrogen-bond acceptors (Lipinski definition) is 6. The minimum Gasteiger partial charge on any atom is -0.479 e. The Morgan fingerprint density at radius 3 is 1.85 bits per heavy atom. The number of carbonyl (C=O) groups excluding carboxylic acids is 1. The zero-order valence-corrected chi connectivity index (χ0v) is 6.28. The van der Waals surface area contributed by atoms with E-state index in [-0.39, 0.29) is 0 Å². The van der Waals surface area contributed by atoms with Gasteiger partial charge in [-0.25, -0.2) is 10.3 Å². The van der Waals surface area contributed by atoms with Gasteiger partial charge in [0.2, 0.25) is 0 Å². The molecule has 0 unspecified atom stereocenters. The molecule has 8 heteroatoms. The number of hydroxylamine groups is 1. The quantitative estimate of drug-likeness (QED) is 0.203. The molecular weight excluding hydrogens is 186 g/mol. The highest BCUT2D eigenvalue weighted by atomic mass is 16.5. The smallest absolute Gasteiger partial charge is 0.335 e.